The molecule has 6 rings (SSSR count). The number of aromatic nitrogens is 3. The number of hydrogen-bond acceptors (Lipinski definition) is 6. The number of aromatic hydroxyl groups is 1. The molecule has 1 saturated carbocycles. The van der Waals surface area contributed by atoms with Crippen molar-refractivity contribution in [1.29, 1.82) is 0 Å². The van der Waals surface area contributed by atoms with Gasteiger partial charge < -0.3 is 20.1 Å². The lowest BCUT2D eigenvalue weighted by Gasteiger charge is -2.47. The number of ether oxygens (including phenoxy) is 1. The number of amides is 1. The van der Waals surface area contributed by atoms with Crippen LogP contribution in [0.15, 0.2) is 35.6 Å². The summed E-state index contributed by atoms with van der Waals surface area (Å²) in [6, 6.07) is 6.59. The summed E-state index contributed by atoms with van der Waals surface area (Å²) in [5.41, 5.74) is 3.47. The fourth-order valence-electron chi connectivity index (χ4n) is 5.48. The standard InChI is InChI=1S/C27H34N6O3/c1-2-23(30-18-12-29-33(14-18)20-15-32(16-20)19-5-3-6-19)25-22-11-17(8-9-24(22)31-27(25)35)26(34)28-13-21-7-4-10-36-21/h8-9,11-12,14,19-21,31,35H,2-7,10,13,15-16H2,1H3,(H,28,34)/t21-/m1/s1. The average molecular weight is 491 g/mol. The van der Waals surface area contributed by atoms with Crippen LogP contribution in [0.5, 0.6) is 5.88 Å². The van der Waals surface area contributed by atoms with Crippen molar-refractivity contribution in [3.8, 4) is 5.88 Å². The van der Waals surface area contributed by atoms with E-state index in [0.717, 1.165) is 60.9 Å². The van der Waals surface area contributed by atoms with Crippen LogP contribution in [0.3, 0.4) is 0 Å². The highest BCUT2D eigenvalue weighted by molar-refractivity contribution is 6.14. The second kappa shape index (κ2) is 9.71. The Balaban J connectivity index is 1.21. The van der Waals surface area contributed by atoms with E-state index in [-0.39, 0.29) is 17.9 Å². The molecule has 3 N–H and O–H groups in total. The van der Waals surface area contributed by atoms with Gasteiger partial charge in [-0.1, -0.05) is 13.3 Å². The molecule has 9 nitrogen and oxygen atoms in total. The second-order valence-corrected chi connectivity index (χ2v) is 10.2. The Morgan fingerprint density at radius 3 is 2.83 bits per heavy atom. The minimum atomic E-state index is -0.147. The molecule has 190 valence electrons. The fraction of sp³-hybridized carbons (Fsp3) is 0.519. The lowest BCUT2D eigenvalue weighted by atomic mass is 9.88. The van der Waals surface area contributed by atoms with E-state index in [1.54, 1.807) is 12.3 Å². The second-order valence-electron chi connectivity index (χ2n) is 10.2. The van der Waals surface area contributed by atoms with Gasteiger partial charge in [-0.05, 0) is 50.3 Å². The Morgan fingerprint density at radius 2 is 2.11 bits per heavy atom. The molecule has 2 saturated heterocycles. The number of likely N-dealkylation sites (tertiary alicyclic amines) is 1. The predicted octanol–water partition coefficient (Wildman–Crippen LogP) is 3.92. The van der Waals surface area contributed by atoms with Gasteiger partial charge in [0.15, 0.2) is 5.88 Å². The van der Waals surface area contributed by atoms with E-state index >= 15 is 0 Å². The Labute approximate surface area is 210 Å². The molecule has 1 atom stereocenters. The summed E-state index contributed by atoms with van der Waals surface area (Å²) in [7, 11) is 0. The van der Waals surface area contributed by atoms with Gasteiger partial charge in [0.05, 0.1) is 35.8 Å². The minimum absolute atomic E-state index is 0.0602. The summed E-state index contributed by atoms with van der Waals surface area (Å²) in [5.74, 6) is -0.0863. The van der Waals surface area contributed by atoms with Crippen molar-refractivity contribution in [2.45, 2.75) is 63.6 Å². The molecule has 3 aromatic rings. The third-order valence-corrected chi connectivity index (χ3v) is 7.89. The van der Waals surface area contributed by atoms with Crippen LogP contribution in [-0.2, 0) is 4.74 Å². The van der Waals surface area contributed by atoms with Crippen LogP contribution in [0, 0.1) is 0 Å². The molecule has 9 heteroatoms. The first kappa shape index (κ1) is 23.2. The van der Waals surface area contributed by atoms with Gasteiger partial charge in [0.2, 0.25) is 0 Å². The van der Waals surface area contributed by atoms with E-state index in [0.29, 0.717) is 30.1 Å². The van der Waals surface area contributed by atoms with Gasteiger partial charge in [0.1, 0.15) is 5.69 Å². The summed E-state index contributed by atoms with van der Waals surface area (Å²) in [6.45, 7) is 5.39. The molecule has 3 fully saturated rings. The number of carbonyl (C=O) groups excluding carboxylic acids is 1. The third-order valence-electron chi connectivity index (χ3n) is 7.89. The number of aromatic amines is 1. The normalized spacial score (nSPS) is 21.6. The van der Waals surface area contributed by atoms with E-state index in [2.05, 4.69) is 20.3 Å². The maximum absolute atomic E-state index is 12.8. The van der Waals surface area contributed by atoms with Crippen molar-refractivity contribution in [2.75, 3.05) is 26.2 Å². The Bertz CT molecular complexity index is 1280. The molecule has 0 radical (unpaired) electrons. The Hall–Kier alpha value is -3.17. The van der Waals surface area contributed by atoms with Gasteiger partial charge in [-0.15, -0.1) is 0 Å². The zero-order chi connectivity index (χ0) is 24.6. The fourth-order valence-corrected chi connectivity index (χ4v) is 5.48. The molecule has 2 aliphatic heterocycles. The summed E-state index contributed by atoms with van der Waals surface area (Å²) in [5, 5.41) is 19.1. The number of nitrogens with one attached hydrogen (secondary N) is 2. The smallest absolute Gasteiger partial charge is 0.251 e. The molecule has 4 heterocycles. The van der Waals surface area contributed by atoms with Crippen LogP contribution >= 0.6 is 0 Å². The average Bonchev–Trinajstić information content (AvgIpc) is 3.56. The number of fused-ring (bicyclic) bond motifs is 1. The first-order valence-electron chi connectivity index (χ1n) is 13.2. The van der Waals surface area contributed by atoms with E-state index in [4.69, 9.17) is 9.73 Å². The van der Waals surface area contributed by atoms with Gasteiger partial charge in [0.25, 0.3) is 5.91 Å². The summed E-state index contributed by atoms with van der Waals surface area (Å²) in [4.78, 5) is 23.2. The zero-order valence-corrected chi connectivity index (χ0v) is 20.7. The maximum Gasteiger partial charge on any atom is 0.251 e. The topological polar surface area (TPSA) is 108 Å². The Morgan fingerprint density at radius 1 is 1.25 bits per heavy atom. The van der Waals surface area contributed by atoms with E-state index < -0.39 is 0 Å². The molecule has 0 spiro atoms. The quantitative estimate of drug-likeness (QED) is 0.415. The molecule has 36 heavy (non-hydrogen) atoms. The number of nitrogens with zero attached hydrogens (tertiary/aromatic N) is 4. The minimum Gasteiger partial charge on any atom is -0.494 e. The van der Waals surface area contributed by atoms with Gasteiger partial charge in [-0.3, -0.25) is 14.4 Å². The third kappa shape index (κ3) is 4.41. The highest BCUT2D eigenvalue weighted by Gasteiger charge is 2.36. The van der Waals surface area contributed by atoms with Crippen LogP contribution in [0.25, 0.3) is 10.9 Å². The number of rotatable bonds is 8. The van der Waals surface area contributed by atoms with Crippen molar-refractivity contribution in [3.63, 3.8) is 0 Å². The van der Waals surface area contributed by atoms with Gasteiger partial charge in [-0.25, -0.2) is 4.99 Å². The number of hydrogen-bond donors (Lipinski definition) is 3. The molecule has 1 aromatic carbocycles. The number of aliphatic imine (C=N–C) groups is 1. The molecule has 0 unspecified atom stereocenters. The number of carbonyl (C=O) groups is 1. The van der Waals surface area contributed by atoms with Gasteiger partial charge in [-0.2, -0.15) is 5.10 Å². The molecular weight excluding hydrogens is 456 g/mol. The van der Waals surface area contributed by atoms with Crippen molar-refractivity contribution >= 4 is 28.2 Å². The highest BCUT2D eigenvalue weighted by Crippen LogP contribution is 2.34. The largest absolute Gasteiger partial charge is 0.494 e. The molecule has 0 bridgehead atoms. The molecular formula is C27H34N6O3. The zero-order valence-electron chi connectivity index (χ0n) is 20.7. The number of H-pyrrole nitrogens is 1. The first-order valence-corrected chi connectivity index (χ1v) is 13.2. The number of benzene rings is 1. The van der Waals surface area contributed by atoms with Crippen LogP contribution < -0.4 is 5.32 Å². The SMILES string of the molecule is CCC(=Nc1cnn(C2CN(C3CCC3)C2)c1)c1c(O)[nH]c2ccc(C(=O)NC[C@H]3CCCO3)cc12. The molecule has 3 aliphatic rings. The molecule has 1 aliphatic carbocycles. The summed E-state index contributed by atoms with van der Waals surface area (Å²) >= 11 is 0. The highest BCUT2D eigenvalue weighted by atomic mass is 16.5. The van der Waals surface area contributed by atoms with Crippen molar-refractivity contribution < 1.29 is 14.6 Å². The van der Waals surface area contributed by atoms with Crippen LogP contribution in [-0.4, -0.2) is 74.8 Å². The molecule has 1 amide bonds. The van der Waals surface area contributed by atoms with Crippen molar-refractivity contribution in [3.05, 3.63) is 41.7 Å². The van der Waals surface area contributed by atoms with Crippen LogP contribution in [0.4, 0.5) is 5.69 Å². The maximum atomic E-state index is 12.8. The predicted molar refractivity (Wildman–Crippen MR) is 138 cm³/mol. The summed E-state index contributed by atoms with van der Waals surface area (Å²) in [6.07, 6.45) is 10.5. The van der Waals surface area contributed by atoms with Crippen LogP contribution in [0.1, 0.15) is 67.4 Å². The van der Waals surface area contributed by atoms with Gasteiger partial charge >= 0.3 is 0 Å². The van der Waals surface area contributed by atoms with E-state index in [1.165, 1.54) is 19.3 Å². The summed E-state index contributed by atoms with van der Waals surface area (Å²) < 4.78 is 7.63. The van der Waals surface area contributed by atoms with Gasteiger partial charge in [0, 0.05) is 48.7 Å². The van der Waals surface area contributed by atoms with Crippen molar-refractivity contribution in [1.82, 2.24) is 25.0 Å². The monoisotopic (exact) mass is 490 g/mol. The Kier molecular flexibility index (Phi) is 6.27. The lowest BCUT2D eigenvalue weighted by Crippen LogP contribution is -2.54. The van der Waals surface area contributed by atoms with Crippen molar-refractivity contribution in [2.24, 2.45) is 4.99 Å². The van der Waals surface area contributed by atoms with E-state index in [9.17, 15) is 9.90 Å². The first-order chi connectivity index (χ1) is 17.6. The lowest BCUT2D eigenvalue weighted by molar-refractivity contribution is 0.0181. The van der Waals surface area contributed by atoms with Crippen LogP contribution in [0.2, 0.25) is 0 Å². The molecule has 2 aromatic heterocycles. The van der Waals surface area contributed by atoms with E-state index in [1.807, 2.05) is 29.9 Å².